The smallest absolute Gasteiger partial charge is 0.165 e. The Morgan fingerprint density at radius 3 is 2.81 bits per heavy atom. The summed E-state index contributed by atoms with van der Waals surface area (Å²) in [6.45, 7) is 4.52. The number of ether oxygens (including phenoxy) is 2. The summed E-state index contributed by atoms with van der Waals surface area (Å²) in [4.78, 5) is 4.42. The molecule has 1 atom stereocenters. The molecule has 1 unspecified atom stereocenters. The molecule has 0 saturated heterocycles. The van der Waals surface area contributed by atoms with Crippen LogP contribution in [0.3, 0.4) is 0 Å². The van der Waals surface area contributed by atoms with Crippen LogP contribution in [0.1, 0.15) is 29.6 Å². The second kappa shape index (κ2) is 7.43. The van der Waals surface area contributed by atoms with Crippen molar-refractivity contribution in [1.29, 1.82) is 0 Å². The molecule has 0 fully saturated rings. The van der Waals surface area contributed by atoms with E-state index in [2.05, 4.69) is 11.9 Å². The minimum absolute atomic E-state index is 0.126. The van der Waals surface area contributed by atoms with E-state index in [9.17, 15) is 0 Å². The van der Waals surface area contributed by atoms with Crippen LogP contribution in [-0.2, 0) is 13.0 Å². The molecule has 1 aromatic carbocycles. The molecule has 0 bridgehead atoms. The van der Waals surface area contributed by atoms with Crippen LogP contribution in [0.4, 0.5) is 0 Å². The van der Waals surface area contributed by atoms with Gasteiger partial charge in [-0.2, -0.15) is 0 Å². The molecule has 0 spiro atoms. The second-order valence-electron chi connectivity index (χ2n) is 4.99. The van der Waals surface area contributed by atoms with Crippen molar-refractivity contribution >= 4 is 11.3 Å². The molecular weight excluding hydrogens is 284 g/mol. The molecule has 2 rings (SSSR count). The lowest BCUT2D eigenvalue weighted by Crippen LogP contribution is -2.21. The van der Waals surface area contributed by atoms with Gasteiger partial charge in [-0.1, -0.05) is 19.1 Å². The zero-order valence-electron chi connectivity index (χ0n) is 12.8. The summed E-state index contributed by atoms with van der Waals surface area (Å²) >= 11 is 1.60. The van der Waals surface area contributed by atoms with Gasteiger partial charge in [0.15, 0.2) is 11.5 Å². The maximum absolute atomic E-state index is 6.07. The Morgan fingerprint density at radius 1 is 1.38 bits per heavy atom. The first-order valence-corrected chi connectivity index (χ1v) is 7.97. The van der Waals surface area contributed by atoms with Crippen LogP contribution in [0.5, 0.6) is 11.5 Å². The first-order chi connectivity index (χ1) is 10.1. The summed E-state index contributed by atoms with van der Waals surface area (Å²) in [5.74, 6) is 1.51. The maximum Gasteiger partial charge on any atom is 0.165 e. The van der Waals surface area contributed by atoms with E-state index in [1.807, 2.05) is 30.5 Å². The highest BCUT2D eigenvalue weighted by Gasteiger charge is 2.14. The van der Waals surface area contributed by atoms with Gasteiger partial charge in [-0.3, -0.25) is 0 Å². The number of methoxy groups -OCH3 is 1. The fourth-order valence-corrected chi connectivity index (χ4v) is 2.76. The number of rotatable bonds is 7. The molecule has 2 aromatic rings. The van der Waals surface area contributed by atoms with E-state index in [1.165, 1.54) is 0 Å². The molecule has 0 aliphatic heterocycles. The predicted octanol–water partition coefficient (Wildman–Crippen LogP) is 3.32. The summed E-state index contributed by atoms with van der Waals surface area (Å²) < 4.78 is 11.4. The van der Waals surface area contributed by atoms with Gasteiger partial charge in [-0.15, -0.1) is 11.3 Å². The van der Waals surface area contributed by atoms with E-state index >= 15 is 0 Å². The van der Waals surface area contributed by atoms with Gasteiger partial charge in [0, 0.05) is 17.1 Å². The van der Waals surface area contributed by atoms with Crippen molar-refractivity contribution in [3.05, 3.63) is 39.8 Å². The molecule has 0 aliphatic carbocycles. The lowest BCUT2D eigenvalue weighted by atomic mass is 10.0. The molecule has 21 heavy (non-hydrogen) atoms. The average Bonchev–Trinajstić information content (AvgIpc) is 2.91. The lowest BCUT2D eigenvalue weighted by molar-refractivity contribution is 0.280. The lowest BCUT2D eigenvalue weighted by Gasteiger charge is -2.16. The Bertz CT molecular complexity index is 583. The van der Waals surface area contributed by atoms with E-state index in [-0.39, 0.29) is 6.04 Å². The zero-order chi connectivity index (χ0) is 15.2. The van der Waals surface area contributed by atoms with Gasteiger partial charge in [-0.25, -0.2) is 4.98 Å². The minimum atomic E-state index is 0.126. The van der Waals surface area contributed by atoms with Gasteiger partial charge in [0.25, 0.3) is 0 Å². The van der Waals surface area contributed by atoms with Crippen molar-refractivity contribution in [3.63, 3.8) is 0 Å². The van der Waals surface area contributed by atoms with Crippen LogP contribution in [0.25, 0.3) is 0 Å². The van der Waals surface area contributed by atoms with Crippen LogP contribution in [0.15, 0.2) is 23.6 Å². The second-order valence-corrected chi connectivity index (χ2v) is 5.93. The quantitative estimate of drug-likeness (QED) is 0.852. The van der Waals surface area contributed by atoms with E-state index in [0.29, 0.717) is 6.61 Å². The van der Waals surface area contributed by atoms with Crippen LogP contribution < -0.4 is 15.2 Å². The maximum atomic E-state index is 6.07. The number of nitrogens with zero attached hydrogens (tertiary/aromatic N) is 1. The van der Waals surface area contributed by atoms with Gasteiger partial charge in [0.1, 0.15) is 11.6 Å². The van der Waals surface area contributed by atoms with Gasteiger partial charge < -0.3 is 15.2 Å². The van der Waals surface area contributed by atoms with Crippen molar-refractivity contribution in [2.24, 2.45) is 5.73 Å². The highest BCUT2D eigenvalue weighted by molar-refractivity contribution is 7.09. The molecule has 2 N–H and O–H groups in total. The van der Waals surface area contributed by atoms with Gasteiger partial charge in [0.2, 0.25) is 0 Å². The number of para-hydroxylation sites is 1. The van der Waals surface area contributed by atoms with Gasteiger partial charge in [-0.05, 0) is 31.4 Å². The van der Waals surface area contributed by atoms with Crippen molar-refractivity contribution in [3.8, 4) is 11.5 Å². The highest BCUT2D eigenvalue weighted by Crippen LogP contribution is 2.32. The van der Waals surface area contributed by atoms with Crippen LogP contribution >= 0.6 is 11.3 Å². The molecule has 0 saturated carbocycles. The van der Waals surface area contributed by atoms with Crippen molar-refractivity contribution in [2.75, 3.05) is 7.11 Å². The third-order valence-corrected chi connectivity index (χ3v) is 4.23. The molecule has 0 radical (unpaired) electrons. The average molecular weight is 306 g/mol. The Hall–Kier alpha value is -1.59. The Morgan fingerprint density at radius 2 is 2.19 bits per heavy atom. The molecule has 0 amide bonds. The summed E-state index contributed by atoms with van der Waals surface area (Å²) in [5, 5.41) is 2.98. The van der Waals surface area contributed by atoms with Crippen molar-refractivity contribution < 1.29 is 9.47 Å². The Kier molecular flexibility index (Phi) is 5.59. The van der Waals surface area contributed by atoms with Crippen LogP contribution in [0.2, 0.25) is 0 Å². The summed E-state index contributed by atoms with van der Waals surface area (Å²) in [6, 6.07) is 6.04. The summed E-state index contributed by atoms with van der Waals surface area (Å²) in [7, 11) is 1.65. The first kappa shape index (κ1) is 15.8. The Balaban J connectivity index is 2.18. The van der Waals surface area contributed by atoms with Crippen molar-refractivity contribution in [2.45, 2.75) is 39.3 Å². The first-order valence-electron chi connectivity index (χ1n) is 7.09. The topological polar surface area (TPSA) is 57.4 Å². The molecule has 114 valence electrons. The number of nitrogens with two attached hydrogens (primary N) is 1. The largest absolute Gasteiger partial charge is 0.493 e. The number of hydrogen-bond acceptors (Lipinski definition) is 5. The van der Waals surface area contributed by atoms with Gasteiger partial charge >= 0.3 is 0 Å². The molecule has 5 heteroatoms. The highest BCUT2D eigenvalue weighted by atomic mass is 32.1. The monoisotopic (exact) mass is 306 g/mol. The number of aromatic nitrogens is 1. The minimum Gasteiger partial charge on any atom is -0.493 e. The molecule has 0 aliphatic rings. The van der Waals surface area contributed by atoms with Crippen LogP contribution in [0, 0.1) is 6.92 Å². The SMILES string of the molecule is CCC(N)Cc1cccc(OC)c1OCc1nc(C)cs1. The van der Waals surface area contributed by atoms with E-state index in [4.69, 9.17) is 15.2 Å². The Labute approximate surface area is 129 Å². The third-order valence-electron chi connectivity index (χ3n) is 3.29. The fourth-order valence-electron chi connectivity index (χ4n) is 2.08. The predicted molar refractivity (Wildman–Crippen MR) is 86.1 cm³/mol. The number of thiazole rings is 1. The fraction of sp³-hybridized carbons (Fsp3) is 0.438. The van der Waals surface area contributed by atoms with E-state index in [1.54, 1.807) is 18.4 Å². The number of hydrogen-bond donors (Lipinski definition) is 1. The molecule has 4 nitrogen and oxygen atoms in total. The van der Waals surface area contributed by atoms with Crippen molar-refractivity contribution in [1.82, 2.24) is 4.98 Å². The summed E-state index contributed by atoms with van der Waals surface area (Å²) in [5.41, 5.74) is 8.17. The van der Waals surface area contributed by atoms with Gasteiger partial charge in [0.05, 0.1) is 7.11 Å². The summed E-state index contributed by atoms with van der Waals surface area (Å²) in [6.07, 6.45) is 1.71. The molecule has 1 aromatic heterocycles. The van der Waals surface area contributed by atoms with E-state index < -0.39 is 0 Å². The van der Waals surface area contributed by atoms with Crippen LogP contribution in [-0.4, -0.2) is 18.1 Å². The molecular formula is C16H22N2O2S. The zero-order valence-corrected chi connectivity index (χ0v) is 13.6. The standard InChI is InChI=1S/C16H22N2O2S/c1-4-13(17)8-12-6-5-7-14(19-3)16(12)20-9-15-18-11(2)10-21-15/h5-7,10,13H,4,8-9,17H2,1-3H3. The number of aryl methyl sites for hydroxylation is 1. The third kappa shape index (κ3) is 4.19. The number of benzene rings is 1. The normalized spacial score (nSPS) is 12.2. The molecule has 1 heterocycles. The van der Waals surface area contributed by atoms with E-state index in [0.717, 1.165) is 40.6 Å².